The molecule has 0 aromatic carbocycles. The van der Waals surface area contributed by atoms with Crippen LogP contribution in [-0.2, 0) is 14.3 Å². The number of esters is 1. The molecule has 7 nitrogen and oxygen atoms in total. The van der Waals surface area contributed by atoms with Crippen LogP contribution in [0.3, 0.4) is 0 Å². The van der Waals surface area contributed by atoms with Gasteiger partial charge in [0.2, 0.25) is 0 Å². The molecule has 0 aliphatic carbocycles. The number of rotatable bonds is 28. The van der Waals surface area contributed by atoms with E-state index in [4.69, 9.17) is 9.47 Å². The van der Waals surface area contributed by atoms with Gasteiger partial charge in [-0.15, -0.1) is 0 Å². The Morgan fingerprint density at radius 1 is 0.705 bits per heavy atom. The van der Waals surface area contributed by atoms with Gasteiger partial charge in [0.1, 0.15) is 6.10 Å². The molecule has 0 bridgehead atoms. The fraction of sp³-hybridized carbons (Fsp3) is 0.919. The van der Waals surface area contributed by atoms with Crippen LogP contribution >= 0.6 is 0 Å². The Bertz CT molecular complexity index is 756. The maximum Gasteiger partial charge on any atom is 0.334 e. The minimum Gasteiger partial charge on any atom is -0.455 e. The molecule has 44 heavy (non-hydrogen) atoms. The zero-order chi connectivity index (χ0) is 32.0. The maximum atomic E-state index is 11.7. The van der Waals surface area contributed by atoms with Gasteiger partial charge >= 0.3 is 5.97 Å². The van der Waals surface area contributed by atoms with Crippen molar-refractivity contribution in [2.24, 2.45) is 0 Å². The molecule has 4 N–H and O–H groups in total. The molecule has 0 aromatic rings. The first-order valence-corrected chi connectivity index (χ1v) is 18.6. The van der Waals surface area contributed by atoms with Gasteiger partial charge in [0.15, 0.2) is 0 Å². The van der Waals surface area contributed by atoms with E-state index in [1.54, 1.807) is 6.08 Å². The Hall–Kier alpha value is -0.990. The van der Waals surface area contributed by atoms with Gasteiger partial charge in [0.05, 0.1) is 36.6 Å². The number of carbonyl (C=O) groups is 1. The molecule has 1 saturated heterocycles. The Balaban J connectivity index is 1.39. The normalized spacial score (nSPS) is 23.0. The molecule has 0 radical (unpaired) electrons. The summed E-state index contributed by atoms with van der Waals surface area (Å²) in [5.41, 5.74) is 0.605. The fourth-order valence-electron chi connectivity index (χ4n) is 6.77. The Morgan fingerprint density at radius 3 is 1.82 bits per heavy atom. The van der Waals surface area contributed by atoms with Crippen molar-refractivity contribution in [2.75, 3.05) is 0 Å². The fourth-order valence-corrected chi connectivity index (χ4v) is 6.77. The monoisotopic (exact) mass is 624 g/mol. The minimum absolute atomic E-state index is 0.0800. The third-order valence-electron chi connectivity index (χ3n) is 9.63. The van der Waals surface area contributed by atoms with Crippen LogP contribution in [0.25, 0.3) is 0 Å². The molecule has 1 fully saturated rings. The van der Waals surface area contributed by atoms with E-state index in [1.165, 1.54) is 51.4 Å². The molecule has 0 spiro atoms. The molecule has 2 aliphatic heterocycles. The summed E-state index contributed by atoms with van der Waals surface area (Å²) in [6.45, 7) is 4.08. The second-order valence-corrected chi connectivity index (χ2v) is 13.8. The van der Waals surface area contributed by atoms with Crippen molar-refractivity contribution in [1.29, 1.82) is 0 Å². The van der Waals surface area contributed by atoms with Crippen LogP contribution in [0.15, 0.2) is 11.6 Å². The van der Waals surface area contributed by atoms with E-state index in [0.29, 0.717) is 37.7 Å². The van der Waals surface area contributed by atoms with Gasteiger partial charge in [-0.1, -0.05) is 116 Å². The molecule has 7 atom stereocenters. The molecule has 2 heterocycles. The largest absolute Gasteiger partial charge is 0.455 e. The molecule has 0 saturated carbocycles. The molecular weight excluding hydrogens is 556 g/mol. The van der Waals surface area contributed by atoms with Crippen molar-refractivity contribution in [1.82, 2.24) is 0 Å². The van der Waals surface area contributed by atoms with Gasteiger partial charge in [-0.2, -0.15) is 0 Å². The van der Waals surface area contributed by atoms with Crippen LogP contribution in [0.5, 0.6) is 0 Å². The standard InChI is InChI=1S/C37H68O7/c1-3-4-5-6-7-8-9-10-14-17-22-33(39)34(40)23-18-19-24-35(41)36-26-25-32(44-36)21-16-13-11-12-15-20-31(38)28-30-27-29(2)43-37(30)42/h27,29,31-36,38-41H,3-26,28H2,1-2H3/t29-,31?,32-,33+,34+,35+,36+/m0/s1. The van der Waals surface area contributed by atoms with Gasteiger partial charge in [-0.25, -0.2) is 4.79 Å². The van der Waals surface area contributed by atoms with Crippen LogP contribution in [0.4, 0.5) is 0 Å². The van der Waals surface area contributed by atoms with E-state index in [1.807, 2.05) is 6.92 Å². The molecule has 2 aliphatic rings. The van der Waals surface area contributed by atoms with E-state index in [9.17, 15) is 25.2 Å². The summed E-state index contributed by atoms with van der Waals surface area (Å²) in [5, 5.41) is 41.5. The van der Waals surface area contributed by atoms with Crippen molar-refractivity contribution < 1.29 is 34.7 Å². The number of cyclic esters (lactones) is 1. The van der Waals surface area contributed by atoms with Crippen LogP contribution in [0.1, 0.15) is 174 Å². The summed E-state index contributed by atoms with van der Waals surface area (Å²) in [4.78, 5) is 11.7. The lowest BCUT2D eigenvalue weighted by Crippen LogP contribution is -2.27. The van der Waals surface area contributed by atoms with E-state index >= 15 is 0 Å². The lowest BCUT2D eigenvalue weighted by atomic mass is 9.98. The zero-order valence-corrected chi connectivity index (χ0v) is 28.3. The SMILES string of the molecule is CCCCCCCCCCCC[C@@H](O)[C@H](O)CCCC[C@@H](O)[C@H]1CC[C@H](CCCCCCCC(O)CC2=C[C@H](C)OC2=O)O1. The van der Waals surface area contributed by atoms with Gasteiger partial charge in [-0.3, -0.25) is 0 Å². The predicted octanol–water partition coefficient (Wildman–Crippen LogP) is 7.84. The van der Waals surface area contributed by atoms with Crippen molar-refractivity contribution in [3.8, 4) is 0 Å². The number of hydrogen-bond donors (Lipinski definition) is 4. The molecule has 0 aromatic heterocycles. The number of aliphatic hydroxyl groups excluding tert-OH is 4. The molecular formula is C37H68O7. The molecule has 1 unspecified atom stereocenters. The van der Waals surface area contributed by atoms with Gasteiger partial charge in [0, 0.05) is 12.0 Å². The first kappa shape index (κ1) is 39.2. The van der Waals surface area contributed by atoms with Gasteiger partial charge < -0.3 is 29.9 Å². The van der Waals surface area contributed by atoms with E-state index in [-0.39, 0.29) is 24.3 Å². The minimum atomic E-state index is -0.665. The van der Waals surface area contributed by atoms with Crippen LogP contribution in [-0.4, -0.2) is 69.1 Å². The number of aliphatic hydroxyl groups is 4. The maximum absolute atomic E-state index is 11.7. The molecule has 0 amide bonds. The van der Waals surface area contributed by atoms with Crippen molar-refractivity contribution in [3.05, 3.63) is 11.6 Å². The van der Waals surface area contributed by atoms with Crippen molar-refractivity contribution in [3.63, 3.8) is 0 Å². The highest BCUT2D eigenvalue weighted by Crippen LogP contribution is 2.28. The van der Waals surface area contributed by atoms with Crippen LogP contribution in [0.2, 0.25) is 0 Å². The number of hydrogen-bond acceptors (Lipinski definition) is 7. The Kier molecular flexibility index (Phi) is 21.6. The first-order valence-electron chi connectivity index (χ1n) is 18.6. The number of unbranched alkanes of at least 4 members (excludes halogenated alkanes) is 14. The predicted molar refractivity (Wildman–Crippen MR) is 177 cm³/mol. The third kappa shape index (κ3) is 17.6. The van der Waals surface area contributed by atoms with Crippen molar-refractivity contribution >= 4 is 5.97 Å². The summed E-state index contributed by atoms with van der Waals surface area (Å²) in [7, 11) is 0. The second kappa shape index (κ2) is 24.2. The van der Waals surface area contributed by atoms with Gasteiger partial charge in [-0.05, 0) is 57.9 Å². The van der Waals surface area contributed by atoms with Crippen LogP contribution in [0, 0.1) is 0 Å². The lowest BCUT2D eigenvalue weighted by Gasteiger charge is -2.20. The second-order valence-electron chi connectivity index (χ2n) is 13.8. The van der Waals surface area contributed by atoms with Gasteiger partial charge in [0.25, 0.3) is 0 Å². The van der Waals surface area contributed by atoms with E-state index in [0.717, 1.165) is 77.0 Å². The lowest BCUT2D eigenvalue weighted by molar-refractivity contribution is -0.139. The van der Waals surface area contributed by atoms with E-state index < -0.39 is 24.4 Å². The topological polar surface area (TPSA) is 116 Å². The molecule has 2 rings (SSSR count). The zero-order valence-electron chi connectivity index (χ0n) is 28.3. The van der Waals surface area contributed by atoms with Crippen LogP contribution < -0.4 is 0 Å². The quantitative estimate of drug-likeness (QED) is 0.0518. The highest BCUT2D eigenvalue weighted by molar-refractivity contribution is 5.90. The highest BCUT2D eigenvalue weighted by atomic mass is 16.5. The third-order valence-corrected chi connectivity index (χ3v) is 9.63. The Morgan fingerprint density at radius 2 is 1.23 bits per heavy atom. The molecule has 7 heteroatoms. The number of carbonyl (C=O) groups excluding carboxylic acids is 1. The van der Waals surface area contributed by atoms with E-state index in [2.05, 4.69) is 6.92 Å². The average Bonchev–Trinajstić information content (AvgIpc) is 3.60. The highest BCUT2D eigenvalue weighted by Gasteiger charge is 2.30. The summed E-state index contributed by atoms with van der Waals surface area (Å²) < 4.78 is 11.3. The smallest absolute Gasteiger partial charge is 0.334 e. The summed E-state index contributed by atoms with van der Waals surface area (Å²) in [6, 6.07) is 0. The van der Waals surface area contributed by atoms with Crippen molar-refractivity contribution in [2.45, 2.75) is 217 Å². The summed E-state index contributed by atoms with van der Waals surface area (Å²) in [6.07, 6.45) is 25.3. The Labute approximate surface area is 269 Å². The molecule has 258 valence electrons. The summed E-state index contributed by atoms with van der Waals surface area (Å²) in [5.74, 6) is -0.291. The number of ether oxygens (including phenoxy) is 2. The first-order chi connectivity index (χ1) is 21.3. The summed E-state index contributed by atoms with van der Waals surface area (Å²) >= 11 is 0. The average molecular weight is 625 g/mol.